The highest BCUT2D eigenvalue weighted by molar-refractivity contribution is 8.00. The van der Waals surface area contributed by atoms with Gasteiger partial charge in [0.25, 0.3) is 5.69 Å². The van der Waals surface area contributed by atoms with Crippen molar-refractivity contribution in [2.24, 2.45) is 0 Å². The predicted octanol–water partition coefficient (Wildman–Crippen LogP) is 1.99. The molecule has 1 unspecified atom stereocenters. The molecule has 0 bridgehead atoms. The van der Waals surface area contributed by atoms with E-state index in [1.807, 2.05) is 0 Å². The van der Waals surface area contributed by atoms with Crippen LogP contribution in [-0.2, 0) is 4.74 Å². The Balaban J connectivity index is 3.31. The van der Waals surface area contributed by atoms with Gasteiger partial charge < -0.3 is 9.84 Å². The second-order valence-corrected chi connectivity index (χ2v) is 5.14. The van der Waals surface area contributed by atoms with Crippen LogP contribution in [0.1, 0.15) is 17.3 Å². The van der Waals surface area contributed by atoms with E-state index in [0.717, 1.165) is 24.9 Å². The third kappa shape index (κ3) is 3.65. The number of thioether (sulfide) groups is 1. The lowest BCUT2D eigenvalue weighted by Crippen LogP contribution is -2.08. The number of hydrogen-bond donors (Lipinski definition) is 1. The fourth-order valence-electron chi connectivity index (χ4n) is 1.30. The van der Waals surface area contributed by atoms with Gasteiger partial charge in [0.1, 0.15) is 5.82 Å². The van der Waals surface area contributed by atoms with Crippen LogP contribution < -0.4 is 0 Å². The Morgan fingerprint density at radius 1 is 1.63 bits per heavy atom. The maximum atomic E-state index is 13.6. The summed E-state index contributed by atoms with van der Waals surface area (Å²) in [6, 6.07) is 1.74. The zero-order valence-electron chi connectivity index (χ0n) is 10.3. The van der Waals surface area contributed by atoms with E-state index in [4.69, 9.17) is 5.11 Å². The van der Waals surface area contributed by atoms with E-state index in [9.17, 15) is 19.3 Å². The maximum absolute atomic E-state index is 13.6. The molecule has 8 heteroatoms. The number of benzene rings is 1. The number of ether oxygens (including phenoxy) is 1. The van der Waals surface area contributed by atoms with Crippen molar-refractivity contribution in [1.29, 1.82) is 0 Å². The number of nitro benzene ring substituents is 1. The molecule has 0 fully saturated rings. The smallest absolute Gasteiger partial charge is 0.340 e. The van der Waals surface area contributed by atoms with Gasteiger partial charge in [-0.15, -0.1) is 11.8 Å². The molecule has 0 radical (unpaired) electrons. The van der Waals surface area contributed by atoms with Crippen molar-refractivity contribution in [3.05, 3.63) is 33.6 Å². The highest BCUT2D eigenvalue weighted by atomic mass is 32.2. The van der Waals surface area contributed by atoms with Crippen molar-refractivity contribution < 1.29 is 24.0 Å². The van der Waals surface area contributed by atoms with E-state index in [1.54, 1.807) is 6.92 Å². The first-order valence-corrected chi connectivity index (χ1v) is 6.12. The number of aliphatic hydroxyl groups excluding tert-OH is 1. The Labute approximate surface area is 112 Å². The summed E-state index contributed by atoms with van der Waals surface area (Å²) in [6.45, 7) is 1.45. The zero-order chi connectivity index (χ0) is 14.6. The molecule has 1 aromatic rings. The van der Waals surface area contributed by atoms with E-state index in [2.05, 4.69) is 4.74 Å². The normalized spacial score (nSPS) is 12.0. The molecule has 0 heterocycles. The van der Waals surface area contributed by atoms with E-state index in [1.165, 1.54) is 0 Å². The lowest BCUT2D eigenvalue weighted by atomic mass is 10.2. The number of halogens is 1. The van der Waals surface area contributed by atoms with Gasteiger partial charge in [0.15, 0.2) is 0 Å². The van der Waals surface area contributed by atoms with Gasteiger partial charge in [0.05, 0.1) is 35.2 Å². The van der Waals surface area contributed by atoms with Gasteiger partial charge in [-0.05, 0) is 6.07 Å². The maximum Gasteiger partial charge on any atom is 0.340 e. The number of carbonyl (C=O) groups is 1. The minimum atomic E-state index is -1.01. The Bertz CT molecular complexity index is 508. The molecule has 104 valence electrons. The number of nitrogens with zero attached hydrogens (tertiary/aromatic N) is 1. The van der Waals surface area contributed by atoms with Crippen molar-refractivity contribution in [2.45, 2.75) is 17.1 Å². The first-order valence-electron chi connectivity index (χ1n) is 5.24. The van der Waals surface area contributed by atoms with Gasteiger partial charge in [0, 0.05) is 5.25 Å². The molecule has 1 atom stereocenters. The number of esters is 1. The highest BCUT2D eigenvalue weighted by Crippen LogP contribution is 2.34. The van der Waals surface area contributed by atoms with Crippen molar-refractivity contribution in [2.75, 3.05) is 13.7 Å². The van der Waals surface area contributed by atoms with Gasteiger partial charge in [-0.3, -0.25) is 10.1 Å². The topological polar surface area (TPSA) is 89.7 Å². The second-order valence-electron chi connectivity index (χ2n) is 3.66. The molecule has 0 aliphatic rings. The first-order chi connectivity index (χ1) is 8.90. The summed E-state index contributed by atoms with van der Waals surface area (Å²) in [7, 11) is 1.09. The van der Waals surface area contributed by atoms with Crippen molar-refractivity contribution in [1.82, 2.24) is 0 Å². The first kappa shape index (κ1) is 15.4. The number of nitro groups is 1. The van der Waals surface area contributed by atoms with Crippen LogP contribution in [0.5, 0.6) is 0 Å². The second kappa shape index (κ2) is 6.48. The Morgan fingerprint density at radius 2 is 2.26 bits per heavy atom. The molecule has 0 aliphatic carbocycles. The van der Waals surface area contributed by atoms with E-state index in [0.29, 0.717) is 6.07 Å². The number of carbonyl (C=O) groups excluding carboxylic acids is 1. The average Bonchev–Trinajstić information content (AvgIpc) is 2.38. The van der Waals surface area contributed by atoms with Crippen molar-refractivity contribution in [3.8, 4) is 0 Å². The molecule has 0 saturated carbocycles. The zero-order valence-corrected chi connectivity index (χ0v) is 11.1. The molecule has 0 amide bonds. The number of methoxy groups -OCH3 is 1. The third-order valence-electron chi connectivity index (χ3n) is 2.24. The van der Waals surface area contributed by atoms with Crippen LogP contribution in [0.25, 0.3) is 0 Å². The summed E-state index contributed by atoms with van der Waals surface area (Å²) in [5.74, 6) is -1.93. The van der Waals surface area contributed by atoms with Gasteiger partial charge >= 0.3 is 5.97 Å². The largest absolute Gasteiger partial charge is 0.465 e. The standard InChI is InChI=1S/C11H12FNO5S/c1-6(5-14)19-10-3-7(11(15)18-2)8(12)4-9(10)13(16)17/h3-4,6,14H,5H2,1-2H3. The summed E-state index contributed by atoms with van der Waals surface area (Å²) in [5, 5.41) is 19.5. The molecule has 0 aliphatic heterocycles. The fourth-order valence-corrected chi connectivity index (χ4v) is 2.25. The summed E-state index contributed by atoms with van der Waals surface area (Å²) < 4.78 is 18.0. The van der Waals surface area contributed by atoms with E-state index >= 15 is 0 Å². The predicted molar refractivity (Wildman–Crippen MR) is 66.8 cm³/mol. The minimum absolute atomic E-state index is 0.105. The molecule has 19 heavy (non-hydrogen) atoms. The quantitative estimate of drug-likeness (QED) is 0.386. The van der Waals surface area contributed by atoms with Gasteiger partial charge in [0.2, 0.25) is 0 Å². The third-order valence-corrected chi connectivity index (χ3v) is 3.37. The van der Waals surface area contributed by atoms with Crippen LogP contribution in [0.4, 0.5) is 10.1 Å². The Morgan fingerprint density at radius 3 is 2.74 bits per heavy atom. The monoisotopic (exact) mass is 289 g/mol. The SMILES string of the molecule is COC(=O)c1cc(SC(C)CO)c([N+](=O)[O-])cc1F. The average molecular weight is 289 g/mol. The summed E-state index contributed by atoms with van der Waals surface area (Å²) in [6.07, 6.45) is 0. The molecular formula is C11H12FNO5S. The van der Waals surface area contributed by atoms with E-state index in [-0.39, 0.29) is 22.3 Å². The molecular weight excluding hydrogens is 277 g/mol. The summed E-state index contributed by atoms with van der Waals surface area (Å²) >= 11 is 0.983. The van der Waals surface area contributed by atoms with Crippen LogP contribution in [-0.4, -0.2) is 35.0 Å². The van der Waals surface area contributed by atoms with Crippen molar-refractivity contribution in [3.63, 3.8) is 0 Å². The number of hydrogen-bond acceptors (Lipinski definition) is 6. The van der Waals surface area contributed by atoms with Crippen LogP contribution in [0.2, 0.25) is 0 Å². The minimum Gasteiger partial charge on any atom is -0.465 e. The van der Waals surface area contributed by atoms with Crippen LogP contribution >= 0.6 is 11.8 Å². The molecule has 0 saturated heterocycles. The van der Waals surface area contributed by atoms with Gasteiger partial charge in [-0.2, -0.15) is 0 Å². The molecule has 1 rings (SSSR count). The van der Waals surface area contributed by atoms with Crippen LogP contribution in [0, 0.1) is 15.9 Å². The molecule has 1 aromatic carbocycles. The van der Waals surface area contributed by atoms with Crippen LogP contribution in [0.15, 0.2) is 17.0 Å². The molecule has 6 nitrogen and oxygen atoms in total. The van der Waals surface area contributed by atoms with E-state index < -0.39 is 22.4 Å². The molecule has 1 N–H and O–H groups in total. The summed E-state index contributed by atoms with van der Waals surface area (Å²) in [5.41, 5.74) is -0.823. The van der Waals surface area contributed by atoms with Crippen LogP contribution in [0.3, 0.4) is 0 Å². The summed E-state index contributed by atoms with van der Waals surface area (Å²) in [4.78, 5) is 21.5. The van der Waals surface area contributed by atoms with Crippen molar-refractivity contribution >= 4 is 23.4 Å². The Kier molecular flexibility index (Phi) is 5.25. The molecule has 0 aromatic heterocycles. The molecule has 0 spiro atoms. The van der Waals surface area contributed by atoms with Gasteiger partial charge in [-0.1, -0.05) is 6.92 Å². The fraction of sp³-hybridized carbons (Fsp3) is 0.364. The number of aliphatic hydroxyl groups is 1. The van der Waals surface area contributed by atoms with Gasteiger partial charge in [-0.25, -0.2) is 9.18 Å². The lowest BCUT2D eigenvalue weighted by molar-refractivity contribution is -0.387. The Hall–Kier alpha value is -1.67. The lowest BCUT2D eigenvalue weighted by Gasteiger charge is -2.10. The number of rotatable bonds is 5. The highest BCUT2D eigenvalue weighted by Gasteiger charge is 2.23.